The normalized spacial score (nSPS) is 28.0. The molecule has 0 N–H and O–H groups in total. The van der Waals surface area contributed by atoms with E-state index in [4.69, 9.17) is 4.74 Å². The Kier molecular flexibility index (Phi) is 6.94. The van der Waals surface area contributed by atoms with E-state index in [1.807, 2.05) is 0 Å². The first kappa shape index (κ1) is 24.4. The van der Waals surface area contributed by atoms with Crippen LogP contribution in [-0.2, 0) is 4.74 Å². The van der Waals surface area contributed by atoms with Crippen molar-refractivity contribution < 1.29 is 4.74 Å². The summed E-state index contributed by atoms with van der Waals surface area (Å²) in [7, 11) is 0. The molecule has 4 aliphatic rings. The van der Waals surface area contributed by atoms with Gasteiger partial charge in [0.15, 0.2) is 0 Å². The molecule has 34 heavy (non-hydrogen) atoms. The van der Waals surface area contributed by atoms with Crippen molar-refractivity contribution in [1.29, 1.82) is 0 Å². The van der Waals surface area contributed by atoms with Crippen molar-refractivity contribution >= 4 is 11.4 Å². The Balaban J connectivity index is 1.40. The maximum atomic E-state index is 5.96. The molecule has 2 aliphatic heterocycles. The van der Waals surface area contributed by atoms with Crippen LogP contribution in [0.2, 0.25) is 0 Å². The molecule has 1 atom stereocenters. The number of hydrogen-bond donors (Lipinski definition) is 0. The average molecular weight is 468 g/mol. The van der Waals surface area contributed by atoms with Gasteiger partial charge in [-0.15, -0.1) is 0 Å². The molecular weight excluding hydrogens is 418 g/mol. The van der Waals surface area contributed by atoms with E-state index >= 15 is 0 Å². The van der Waals surface area contributed by atoms with Gasteiger partial charge in [-0.3, -0.25) is 4.90 Å². The van der Waals surface area contributed by atoms with Gasteiger partial charge in [-0.05, 0) is 91.9 Å². The minimum Gasteiger partial charge on any atom is -0.377 e. The molecule has 0 spiro atoms. The number of rotatable bonds is 7. The van der Waals surface area contributed by atoms with Crippen LogP contribution >= 0.6 is 0 Å². The summed E-state index contributed by atoms with van der Waals surface area (Å²) in [5, 5.41) is 0. The summed E-state index contributed by atoms with van der Waals surface area (Å²) in [5.41, 5.74) is 5.35. The fourth-order valence-electron chi connectivity index (χ4n) is 7.59. The Labute approximate surface area is 209 Å². The van der Waals surface area contributed by atoms with Gasteiger partial charge in [-0.2, -0.15) is 0 Å². The summed E-state index contributed by atoms with van der Waals surface area (Å²) < 4.78 is 5.96. The third kappa shape index (κ3) is 5.75. The van der Waals surface area contributed by atoms with Gasteiger partial charge in [0.25, 0.3) is 0 Å². The fraction of sp³-hybridized carbons (Fsp3) is 0.800. The van der Waals surface area contributed by atoms with Gasteiger partial charge in [-0.25, -0.2) is 0 Å². The van der Waals surface area contributed by atoms with Gasteiger partial charge in [0.2, 0.25) is 0 Å². The minimum absolute atomic E-state index is 0.389. The highest BCUT2D eigenvalue weighted by Crippen LogP contribution is 2.53. The Morgan fingerprint density at radius 3 is 2.24 bits per heavy atom. The van der Waals surface area contributed by atoms with E-state index < -0.39 is 0 Å². The van der Waals surface area contributed by atoms with Gasteiger partial charge < -0.3 is 14.5 Å². The summed E-state index contributed by atoms with van der Waals surface area (Å²) in [6.07, 6.45) is 8.39. The van der Waals surface area contributed by atoms with E-state index in [-0.39, 0.29) is 0 Å². The van der Waals surface area contributed by atoms with Gasteiger partial charge >= 0.3 is 0 Å². The zero-order valence-corrected chi connectivity index (χ0v) is 22.6. The highest BCUT2D eigenvalue weighted by Gasteiger charge is 2.40. The van der Waals surface area contributed by atoms with Crippen molar-refractivity contribution in [2.75, 3.05) is 62.2 Å². The molecule has 4 fully saturated rings. The zero-order chi connectivity index (χ0) is 23.9. The van der Waals surface area contributed by atoms with Gasteiger partial charge in [0.1, 0.15) is 0 Å². The molecule has 1 aromatic rings. The number of piperazine rings is 1. The van der Waals surface area contributed by atoms with E-state index in [2.05, 4.69) is 67.5 Å². The van der Waals surface area contributed by atoms with Gasteiger partial charge in [0.05, 0.1) is 6.10 Å². The van der Waals surface area contributed by atoms with E-state index in [1.165, 1.54) is 76.2 Å². The van der Waals surface area contributed by atoms with Crippen LogP contribution in [0.4, 0.5) is 11.4 Å². The average Bonchev–Trinajstić information content (AvgIpc) is 3.46. The second kappa shape index (κ2) is 9.65. The number of nitrogens with zero attached hydrogens (tertiary/aromatic N) is 3. The molecule has 0 amide bonds. The van der Waals surface area contributed by atoms with Crippen molar-refractivity contribution in [3.8, 4) is 0 Å². The number of benzene rings is 1. The molecule has 4 heteroatoms. The highest BCUT2D eigenvalue weighted by atomic mass is 16.5. The summed E-state index contributed by atoms with van der Waals surface area (Å²) in [5.74, 6) is 1.64. The Hall–Kier alpha value is -1.26. The van der Waals surface area contributed by atoms with Crippen LogP contribution < -0.4 is 9.80 Å². The molecule has 2 saturated carbocycles. The summed E-state index contributed by atoms with van der Waals surface area (Å²) in [6, 6.07) is 7.47. The topological polar surface area (TPSA) is 19.0 Å². The third-order valence-corrected chi connectivity index (χ3v) is 8.84. The molecule has 2 aliphatic carbocycles. The second-order valence-corrected chi connectivity index (χ2v) is 13.4. The van der Waals surface area contributed by atoms with E-state index in [0.29, 0.717) is 22.9 Å². The predicted octanol–water partition coefficient (Wildman–Crippen LogP) is 6.15. The predicted molar refractivity (Wildman–Crippen MR) is 144 cm³/mol. The molecule has 0 radical (unpaired) electrons. The van der Waals surface area contributed by atoms with Crippen LogP contribution in [-0.4, -0.2) is 63.4 Å². The fourth-order valence-corrected chi connectivity index (χ4v) is 7.59. The lowest BCUT2D eigenvalue weighted by Gasteiger charge is -2.46. The van der Waals surface area contributed by atoms with Crippen LogP contribution in [0.5, 0.6) is 0 Å². The molecule has 2 heterocycles. The lowest BCUT2D eigenvalue weighted by Crippen LogP contribution is -2.47. The maximum Gasteiger partial charge on any atom is 0.0766 e. The number of ether oxygens (including phenoxy) is 1. The largest absolute Gasteiger partial charge is 0.377 e. The maximum absolute atomic E-state index is 5.96. The van der Waals surface area contributed by atoms with Crippen LogP contribution in [0.3, 0.4) is 0 Å². The van der Waals surface area contributed by atoms with Crippen LogP contribution in [0.1, 0.15) is 84.6 Å². The van der Waals surface area contributed by atoms with E-state index in [0.717, 1.165) is 32.0 Å². The zero-order valence-electron chi connectivity index (χ0n) is 22.6. The Morgan fingerprint density at radius 2 is 1.59 bits per heavy atom. The Bertz CT molecular complexity index is 821. The van der Waals surface area contributed by atoms with E-state index in [1.54, 1.807) is 5.56 Å². The standard InChI is InChI=1S/C30H49N3O/c1-6-34-26-11-12-33(21-26)25-9-10-28(32-15-13-31(14-16-32)20-23-7-8-23)27(17-25)24-18-29(2,3)22-30(4,5)19-24/h9-10,17,23-24,26H,6-8,11-16,18-22H2,1-5H3/t26-/m1/s1. The smallest absolute Gasteiger partial charge is 0.0766 e. The van der Waals surface area contributed by atoms with Crippen LogP contribution in [0.25, 0.3) is 0 Å². The van der Waals surface area contributed by atoms with Crippen LogP contribution in [0.15, 0.2) is 18.2 Å². The Morgan fingerprint density at radius 1 is 0.882 bits per heavy atom. The molecule has 2 saturated heterocycles. The first-order chi connectivity index (χ1) is 16.2. The summed E-state index contributed by atoms with van der Waals surface area (Å²) in [6.45, 7) is 21.2. The summed E-state index contributed by atoms with van der Waals surface area (Å²) >= 11 is 0. The lowest BCUT2D eigenvalue weighted by atomic mass is 9.60. The minimum atomic E-state index is 0.389. The molecule has 5 rings (SSSR count). The number of anilines is 2. The molecule has 190 valence electrons. The molecule has 1 aromatic carbocycles. The van der Waals surface area contributed by atoms with Gasteiger partial charge in [0, 0.05) is 63.8 Å². The SMILES string of the molecule is CCO[C@@H]1CCN(c2ccc(N3CCN(CC4CC4)CC3)c(C3CC(C)(C)CC(C)(C)C3)c2)C1. The van der Waals surface area contributed by atoms with Crippen LogP contribution in [0, 0.1) is 16.7 Å². The van der Waals surface area contributed by atoms with Crippen molar-refractivity contribution in [3.63, 3.8) is 0 Å². The number of hydrogen-bond acceptors (Lipinski definition) is 4. The lowest BCUT2D eigenvalue weighted by molar-refractivity contribution is 0.0787. The van der Waals surface area contributed by atoms with Crippen molar-refractivity contribution in [1.82, 2.24) is 4.90 Å². The van der Waals surface area contributed by atoms with Crippen molar-refractivity contribution in [2.45, 2.75) is 85.2 Å². The first-order valence-electron chi connectivity index (χ1n) is 14.2. The quantitative estimate of drug-likeness (QED) is 0.478. The molecule has 0 bridgehead atoms. The monoisotopic (exact) mass is 467 g/mol. The van der Waals surface area contributed by atoms with Crippen molar-refractivity contribution in [3.05, 3.63) is 23.8 Å². The molecule has 0 aromatic heterocycles. The molecule has 4 nitrogen and oxygen atoms in total. The second-order valence-electron chi connectivity index (χ2n) is 13.4. The third-order valence-electron chi connectivity index (χ3n) is 8.84. The highest BCUT2D eigenvalue weighted by molar-refractivity contribution is 5.64. The summed E-state index contributed by atoms with van der Waals surface area (Å²) in [4.78, 5) is 8.00. The molecule has 0 unspecified atom stereocenters. The van der Waals surface area contributed by atoms with E-state index in [9.17, 15) is 0 Å². The first-order valence-corrected chi connectivity index (χ1v) is 14.2. The van der Waals surface area contributed by atoms with Crippen molar-refractivity contribution in [2.24, 2.45) is 16.7 Å². The molecular formula is C30H49N3O. The van der Waals surface area contributed by atoms with Gasteiger partial charge in [-0.1, -0.05) is 27.7 Å².